The third-order valence-electron chi connectivity index (χ3n) is 3.09. The summed E-state index contributed by atoms with van der Waals surface area (Å²) in [6.07, 6.45) is 3.18. The molecule has 0 radical (unpaired) electrons. The second kappa shape index (κ2) is 5.40. The van der Waals surface area contributed by atoms with Crippen LogP contribution in [0.15, 0.2) is 24.5 Å². The third-order valence-corrected chi connectivity index (χ3v) is 3.09. The van der Waals surface area contributed by atoms with Crippen molar-refractivity contribution in [1.29, 1.82) is 0 Å². The van der Waals surface area contributed by atoms with Gasteiger partial charge in [0.2, 0.25) is 0 Å². The molecule has 1 aromatic heterocycles. The van der Waals surface area contributed by atoms with Crippen molar-refractivity contribution in [2.24, 2.45) is 0 Å². The van der Waals surface area contributed by atoms with E-state index in [0.717, 1.165) is 29.6 Å². The molecule has 0 aliphatic carbocycles. The number of nitrogens with one attached hydrogen (secondary N) is 1. The van der Waals surface area contributed by atoms with E-state index in [9.17, 15) is 5.11 Å². The SMILES string of the molecule is CCCC(C)(O)CNc1ncnc2cc(N)ccc12. The van der Waals surface area contributed by atoms with Crippen LogP contribution in [0, 0.1) is 0 Å². The summed E-state index contributed by atoms with van der Waals surface area (Å²) in [6, 6.07) is 5.52. The van der Waals surface area contributed by atoms with Crippen molar-refractivity contribution in [2.75, 3.05) is 17.6 Å². The molecule has 0 fully saturated rings. The van der Waals surface area contributed by atoms with Crippen LogP contribution in [0.2, 0.25) is 0 Å². The van der Waals surface area contributed by atoms with Crippen LogP contribution in [0.3, 0.4) is 0 Å². The highest BCUT2D eigenvalue weighted by Gasteiger charge is 2.19. The van der Waals surface area contributed by atoms with Crippen LogP contribution in [0.5, 0.6) is 0 Å². The first-order valence-corrected chi connectivity index (χ1v) is 6.48. The lowest BCUT2D eigenvalue weighted by Gasteiger charge is -2.23. The Labute approximate surface area is 112 Å². The Kier molecular flexibility index (Phi) is 3.85. The van der Waals surface area contributed by atoms with Crippen LogP contribution in [0.4, 0.5) is 11.5 Å². The molecule has 0 saturated heterocycles. The van der Waals surface area contributed by atoms with Gasteiger partial charge in [0, 0.05) is 17.6 Å². The lowest BCUT2D eigenvalue weighted by Crippen LogP contribution is -2.33. The molecule has 1 heterocycles. The minimum atomic E-state index is -0.736. The Hall–Kier alpha value is -1.88. The number of rotatable bonds is 5. The molecular formula is C14H20N4O. The quantitative estimate of drug-likeness (QED) is 0.717. The van der Waals surface area contributed by atoms with Gasteiger partial charge in [0.1, 0.15) is 12.1 Å². The van der Waals surface area contributed by atoms with Crippen LogP contribution in [-0.4, -0.2) is 27.2 Å². The summed E-state index contributed by atoms with van der Waals surface area (Å²) in [6.45, 7) is 4.33. The van der Waals surface area contributed by atoms with E-state index < -0.39 is 5.60 Å². The predicted molar refractivity (Wildman–Crippen MR) is 78.0 cm³/mol. The minimum Gasteiger partial charge on any atom is -0.399 e. The molecule has 1 atom stereocenters. The molecule has 5 nitrogen and oxygen atoms in total. The maximum atomic E-state index is 10.2. The first kappa shape index (κ1) is 13.5. The zero-order valence-electron chi connectivity index (χ0n) is 11.3. The number of nitrogens with zero attached hydrogens (tertiary/aromatic N) is 2. The molecule has 102 valence electrons. The van der Waals surface area contributed by atoms with Gasteiger partial charge in [-0.3, -0.25) is 0 Å². The number of aromatic nitrogens is 2. The zero-order valence-corrected chi connectivity index (χ0v) is 11.3. The summed E-state index contributed by atoms with van der Waals surface area (Å²) in [5.74, 6) is 0.723. The van der Waals surface area contributed by atoms with Crippen molar-refractivity contribution in [3.05, 3.63) is 24.5 Å². The van der Waals surface area contributed by atoms with Gasteiger partial charge in [-0.05, 0) is 31.5 Å². The van der Waals surface area contributed by atoms with Gasteiger partial charge in [0.05, 0.1) is 11.1 Å². The van der Waals surface area contributed by atoms with Gasteiger partial charge in [-0.15, -0.1) is 0 Å². The van der Waals surface area contributed by atoms with Crippen molar-refractivity contribution in [2.45, 2.75) is 32.3 Å². The summed E-state index contributed by atoms with van der Waals surface area (Å²) in [5, 5.41) is 14.3. The molecule has 1 aromatic carbocycles. The van der Waals surface area contributed by atoms with Crippen LogP contribution in [0.25, 0.3) is 10.9 Å². The van der Waals surface area contributed by atoms with Gasteiger partial charge in [-0.2, -0.15) is 0 Å². The standard InChI is InChI=1S/C14H20N4O/c1-3-6-14(2,19)8-16-13-11-5-4-10(15)7-12(11)17-9-18-13/h4-5,7,9,19H,3,6,8,15H2,1-2H3,(H,16,17,18). The lowest BCUT2D eigenvalue weighted by molar-refractivity contribution is 0.0636. The average molecular weight is 260 g/mol. The smallest absolute Gasteiger partial charge is 0.137 e. The monoisotopic (exact) mass is 260 g/mol. The third kappa shape index (κ3) is 3.32. The van der Waals surface area contributed by atoms with Gasteiger partial charge in [0.15, 0.2) is 0 Å². The fourth-order valence-corrected chi connectivity index (χ4v) is 2.12. The first-order chi connectivity index (χ1) is 9.02. The molecule has 0 saturated carbocycles. The summed E-state index contributed by atoms with van der Waals surface area (Å²) >= 11 is 0. The Morgan fingerprint density at radius 2 is 2.16 bits per heavy atom. The molecule has 2 aromatic rings. The van der Waals surface area contributed by atoms with E-state index in [2.05, 4.69) is 22.2 Å². The van der Waals surface area contributed by atoms with E-state index in [-0.39, 0.29) is 0 Å². The second-order valence-electron chi connectivity index (χ2n) is 5.10. The van der Waals surface area contributed by atoms with Crippen LogP contribution in [0.1, 0.15) is 26.7 Å². The zero-order chi connectivity index (χ0) is 13.9. The van der Waals surface area contributed by atoms with E-state index in [4.69, 9.17) is 5.73 Å². The predicted octanol–water partition coefficient (Wildman–Crippen LogP) is 2.17. The van der Waals surface area contributed by atoms with Gasteiger partial charge in [-0.1, -0.05) is 13.3 Å². The molecule has 2 rings (SSSR count). The van der Waals surface area contributed by atoms with Crippen LogP contribution in [-0.2, 0) is 0 Å². The molecular weight excluding hydrogens is 240 g/mol. The Morgan fingerprint density at radius 1 is 1.37 bits per heavy atom. The lowest BCUT2D eigenvalue weighted by atomic mass is 10.0. The summed E-state index contributed by atoms with van der Waals surface area (Å²) < 4.78 is 0. The van der Waals surface area contributed by atoms with Gasteiger partial charge in [0.25, 0.3) is 0 Å². The van der Waals surface area contributed by atoms with Crippen LogP contribution >= 0.6 is 0 Å². The molecule has 5 heteroatoms. The molecule has 0 spiro atoms. The fraction of sp³-hybridized carbons (Fsp3) is 0.429. The van der Waals surface area contributed by atoms with Gasteiger partial charge < -0.3 is 16.2 Å². The number of anilines is 2. The Balaban J connectivity index is 2.21. The average Bonchev–Trinajstić information content (AvgIpc) is 2.36. The van der Waals surface area contributed by atoms with E-state index in [1.165, 1.54) is 6.33 Å². The molecule has 19 heavy (non-hydrogen) atoms. The molecule has 0 aliphatic heterocycles. The second-order valence-corrected chi connectivity index (χ2v) is 5.10. The fourth-order valence-electron chi connectivity index (χ4n) is 2.12. The van der Waals surface area contributed by atoms with E-state index in [0.29, 0.717) is 12.2 Å². The molecule has 1 unspecified atom stereocenters. The van der Waals surface area contributed by atoms with E-state index in [1.807, 2.05) is 25.1 Å². The topological polar surface area (TPSA) is 84.1 Å². The maximum Gasteiger partial charge on any atom is 0.137 e. The molecule has 0 amide bonds. The molecule has 4 N–H and O–H groups in total. The largest absolute Gasteiger partial charge is 0.399 e. The summed E-state index contributed by atoms with van der Waals surface area (Å²) in [7, 11) is 0. The first-order valence-electron chi connectivity index (χ1n) is 6.48. The summed E-state index contributed by atoms with van der Waals surface area (Å²) in [4.78, 5) is 8.42. The number of hydrogen-bond acceptors (Lipinski definition) is 5. The Bertz CT molecular complexity index is 568. The number of aliphatic hydroxyl groups is 1. The van der Waals surface area contributed by atoms with Crippen molar-refractivity contribution in [1.82, 2.24) is 9.97 Å². The minimum absolute atomic E-state index is 0.456. The van der Waals surface area contributed by atoms with Crippen molar-refractivity contribution in [3.63, 3.8) is 0 Å². The highest BCUT2D eigenvalue weighted by molar-refractivity contribution is 5.90. The number of fused-ring (bicyclic) bond motifs is 1. The van der Waals surface area contributed by atoms with E-state index >= 15 is 0 Å². The van der Waals surface area contributed by atoms with Crippen molar-refractivity contribution >= 4 is 22.4 Å². The maximum absolute atomic E-state index is 10.2. The number of nitrogens with two attached hydrogens (primary N) is 1. The van der Waals surface area contributed by atoms with Crippen molar-refractivity contribution in [3.8, 4) is 0 Å². The van der Waals surface area contributed by atoms with Crippen LogP contribution < -0.4 is 11.1 Å². The number of benzene rings is 1. The number of nitrogen functional groups attached to an aromatic ring is 1. The van der Waals surface area contributed by atoms with Gasteiger partial charge >= 0.3 is 0 Å². The Morgan fingerprint density at radius 3 is 2.89 bits per heavy atom. The van der Waals surface area contributed by atoms with Crippen molar-refractivity contribution < 1.29 is 5.11 Å². The van der Waals surface area contributed by atoms with E-state index in [1.54, 1.807) is 0 Å². The molecule has 0 aliphatic rings. The van der Waals surface area contributed by atoms with Gasteiger partial charge in [-0.25, -0.2) is 9.97 Å². The molecule has 0 bridgehead atoms. The normalized spacial score (nSPS) is 14.3. The highest BCUT2D eigenvalue weighted by Crippen LogP contribution is 2.22. The summed E-state index contributed by atoms with van der Waals surface area (Å²) in [5.41, 5.74) is 6.47. The number of hydrogen-bond donors (Lipinski definition) is 3. The highest BCUT2D eigenvalue weighted by atomic mass is 16.3.